The molecule has 2 aromatic carbocycles. The fourth-order valence-electron chi connectivity index (χ4n) is 4.32. The van der Waals surface area contributed by atoms with Gasteiger partial charge in [0.05, 0.1) is 17.3 Å². The third-order valence-corrected chi connectivity index (χ3v) is 6.85. The summed E-state index contributed by atoms with van der Waals surface area (Å²) in [7, 11) is 1.94. The smallest absolute Gasteiger partial charge is 0.0966 e. The molecular weight excluding hydrogens is 440 g/mol. The van der Waals surface area contributed by atoms with Crippen LogP contribution in [0.4, 0.5) is 5.69 Å². The van der Waals surface area contributed by atoms with Crippen LogP contribution in [0.25, 0.3) is 5.70 Å². The topological polar surface area (TPSA) is 80.4 Å². The van der Waals surface area contributed by atoms with Crippen molar-refractivity contribution < 1.29 is 0 Å². The summed E-state index contributed by atoms with van der Waals surface area (Å²) >= 11 is 1.55. The number of nitrogens with zero attached hydrogens (tertiary/aromatic N) is 3. The van der Waals surface area contributed by atoms with Crippen LogP contribution in [-0.4, -0.2) is 49.1 Å². The maximum Gasteiger partial charge on any atom is 0.0966 e. The maximum atomic E-state index is 9.79. The SMILES string of the molecule is CCc1ccc(/C(=C(\C)C#N)N2CCN(C/C(N)=C/NSc3ccccc3)CC2C)c(NC)c1. The number of piperazine rings is 1. The molecule has 0 aliphatic carbocycles. The lowest BCUT2D eigenvalue weighted by Gasteiger charge is -2.43. The maximum absolute atomic E-state index is 9.79. The van der Waals surface area contributed by atoms with Crippen molar-refractivity contribution in [2.45, 2.75) is 38.1 Å². The number of anilines is 1. The molecule has 0 radical (unpaired) electrons. The second kappa shape index (κ2) is 12.4. The normalized spacial score (nSPS) is 17.7. The van der Waals surface area contributed by atoms with Gasteiger partial charge in [0, 0.05) is 67.3 Å². The van der Waals surface area contributed by atoms with Crippen molar-refractivity contribution in [3.63, 3.8) is 0 Å². The van der Waals surface area contributed by atoms with E-state index in [-0.39, 0.29) is 6.04 Å². The molecule has 1 fully saturated rings. The molecule has 0 spiro atoms. The van der Waals surface area contributed by atoms with Crippen LogP contribution in [0, 0.1) is 11.3 Å². The van der Waals surface area contributed by atoms with E-state index < -0.39 is 0 Å². The van der Waals surface area contributed by atoms with Gasteiger partial charge in [0.2, 0.25) is 0 Å². The predicted molar refractivity (Wildman–Crippen MR) is 144 cm³/mol. The number of allylic oxidation sites excluding steroid dienone is 1. The first-order valence-corrected chi connectivity index (χ1v) is 12.6. The average molecular weight is 477 g/mol. The molecule has 0 aromatic heterocycles. The minimum atomic E-state index is 0.252. The van der Waals surface area contributed by atoms with Crippen LogP contribution in [0.3, 0.4) is 0 Å². The van der Waals surface area contributed by atoms with Crippen molar-refractivity contribution in [1.82, 2.24) is 14.5 Å². The highest BCUT2D eigenvalue weighted by Crippen LogP contribution is 2.33. The molecule has 34 heavy (non-hydrogen) atoms. The summed E-state index contributed by atoms with van der Waals surface area (Å²) in [6, 6.07) is 19.3. The molecule has 180 valence electrons. The predicted octanol–water partition coefficient (Wildman–Crippen LogP) is 4.65. The minimum Gasteiger partial charge on any atom is -0.400 e. The summed E-state index contributed by atoms with van der Waals surface area (Å²) in [6.07, 6.45) is 2.86. The van der Waals surface area contributed by atoms with Crippen molar-refractivity contribution in [3.05, 3.63) is 77.1 Å². The fraction of sp³-hybridized carbons (Fsp3) is 0.370. The monoisotopic (exact) mass is 476 g/mol. The van der Waals surface area contributed by atoms with Crippen molar-refractivity contribution in [3.8, 4) is 6.07 Å². The van der Waals surface area contributed by atoms with Crippen molar-refractivity contribution in [1.29, 1.82) is 5.26 Å². The van der Waals surface area contributed by atoms with Gasteiger partial charge in [-0.1, -0.05) is 37.3 Å². The summed E-state index contributed by atoms with van der Waals surface area (Å²) in [5.41, 5.74) is 12.3. The van der Waals surface area contributed by atoms with Gasteiger partial charge < -0.3 is 20.7 Å². The van der Waals surface area contributed by atoms with Crippen LogP contribution in [0.5, 0.6) is 0 Å². The molecule has 6 nitrogen and oxygen atoms in total. The molecule has 0 amide bonds. The number of aryl methyl sites for hydroxylation is 1. The van der Waals surface area contributed by atoms with Crippen LogP contribution < -0.4 is 15.8 Å². The molecule has 2 aromatic rings. The highest BCUT2D eigenvalue weighted by atomic mass is 32.2. The van der Waals surface area contributed by atoms with E-state index in [0.717, 1.165) is 59.2 Å². The molecular formula is C27H36N6S. The number of nitrogens with one attached hydrogen (secondary N) is 2. The molecule has 1 aliphatic rings. The largest absolute Gasteiger partial charge is 0.400 e. The Kier molecular flexibility index (Phi) is 9.32. The molecule has 1 heterocycles. The summed E-state index contributed by atoms with van der Waals surface area (Å²) in [5, 5.41) is 13.1. The van der Waals surface area contributed by atoms with Crippen LogP contribution in [0.1, 0.15) is 31.9 Å². The zero-order chi connectivity index (χ0) is 24.5. The zero-order valence-corrected chi connectivity index (χ0v) is 21.5. The average Bonchev–Trinajstić information content (AvgIpc) is 2.86. The Balaban J connectivity index is 1.68. The first-order chi connectivity index (χ1) is 16.5. The van der Waals surface area contributed by atoms with E-state index >= 15 is 0 Å². The Hall–Kier alpha value is -3.08. The fourth-order valence-corrected chi connectivity index (χ4v) is 4.96. The second-order valence-corrected chi connectivity index (χ2v) is 9.51. The first kappa shape index (κ1) is 25.5. The molecule has 0 saturated carbocycles. The number of hydrogen-bond donors (Lipinski definition) is 3. The molecule has 7 heteroatoms. The molecule has 1 saturated heterocycles. The van der Waals surface area contributed by atoms with E-state index in [0.29, 0.717) is 6.54 Å². The highest BCUT2D eigenvalue weighted by Gasteiger charge is 2.28. The van der Waals surface area contributed by atoms with E-state index in [9.17, 15) is 5.26 Å². The van der Waals surface area contributed by atoms with Gasteiger partial charge >= 0.3 is 0 Å². The number of rotatable bonds is 9. The van der Waals surface area contributed by atoms with Crippen molar-refractivity contribution >= 4 is 23.3 Å². The molecule has 4 N–H and O–H groups in total. The number of benzene rings is 2. The zero-order valence-electron chi connectivity index (χ0n) is 20.6. The van der Waals surface area contributed by atoms with Gasteiger partial charge in [-0.15, -0.1) is 0 Å². The van der Waals surface area contributed by atoms with Gasteiger partial charge in [0.1, 0.15) is 0 Å². The molecule has 3 rings (SSSR count). The van der Waals surface area contributed by atoms with Gasteiger partial charge in [0.15, 0.2) is 0 Å². The Bertz CT molecular complexity index is 1060. The van der Waals surface area contributed by atoms with Crippen LogP contribution in [0.2, 0.25) is 0 Å². The minimum absolute atomic E-state index is 0.252. The van der Waals surface area contributed by atoms with Crippen LogP contribution >= 0.6 is 11.9 Å². The Morgan fingerprint density at radius 1 is 1.24 bits per heavy atom. The molecule has 1 aliphatic heterocycles. The Morgan fingerprint density at radius 3 is 2.65 bits per heavy atom. The number of nitrogens with two attached hydrogens (primary N) is 1. The standard InChI is InChI=1S/C27H36N6S/c1-5-22-11-12-25(26(15-22)30-4)27(20(2)16-28)33-14-13-32(18-21(33)3)19-23(29)17-31-34-24-9-7-6-8-10-24/h6-12,15,17,21,30-31H,5,13-14,18-19,29H2,1-4H3/b23-17-,27-20-. The summed E-state index contributed by atoms with van der Waals surface area (Å²) in [6.45, 7) is 9.61. The quantitative estimate of drug-likeness (QED) is 0.359. The van der Waals surface area contributed by atoms with E-state index in [1.54, 1.807) is 11.9 Å². The number of hydrogen-bond acceptors (Lipinski definition) is 7. The van der Waals surface area contributed by atoms with Gasteiger partial charge in [-0.05, 0) is 56.0 Å². The highest BCUT2D eigenvalue weighted by molar-refractivity contribution is 7.97. The Morgan fingerprint density at radius 2 is 2.00 bits per heavy atom. The summed E-state index contributed by atoms with van der Waals surface area (Å²) < 4.78 is 3.24. The van der Waals surface area contributed by atoms with Gasteiger partial charge in [-0.2, -0.15) is 5.26 Å². The van der Waals surface area contributed by atoms with Crippen molar-refractivity contribution in [2.75, 3.05) is 38.5 Å². The molecule has 1 atom stereocenters. The lowest BCUT2D eigenvalue weighted by atomic mass is 9.99. The molecule has 0 bridgehead atoms. The van der Waals surface area contributed by atoms with E-state index in [2.05, 4.69) is 70.1 Å². The molecule has 1 unspecified atom stereocenters. The lowest BCUT2D eigenvalue weighted by Crippen LogP contribution is -2.51. The first-order valence-electron chi connectivity index (χ1n) is 11.8. The van der Waals surface area contributed by atoms with Crippen LogP contribution in [-0.2, 0) is 6.42 Å². The summed E-state index contributed by atoms with van der Waals surface area (Å²) in [4.78, 5) is 5.90. The van der Waals surface area contributed by atoms with Gasteiger partial charge in [-0.25, -0.2) is 0 Å². The van der Waals surface area contributed by atoms with Crippen LogP contribution in [0.15, 0.2) is 70.9 Å². The van der Waals surface area contributed by atoms with E-state index in [1.807, 2.05) is 38.4 Å². The second-order valence-electron chi connectivity index (χ2n) is 8.60. The lowest BCUT2D eigenvalue weighted by molar-refractivity contribution is 0.137. The van der Waals surface area contributed by atoms with Gasteiger partial charge in [0.25, 0.3) is 0 Å². The van der Waals surface area contributed by atoms with E-state index in [4.69, 9.17) is 5.73 Å². The van der Waals surface area contributed by atoms with E-state index in [1.165, 1.54) is 5.56 Å². The number of nitriles is 1. The third kappa shape index (κ3) is 6.49. The van der Waals surface area contributed by atoms with Gasteiger partial charge in [-0.3, -0.25) is 4.90 Å². The third-order valence-electron chi connectivity index (χ3n) is 6.11. The van der Waals surface area contributed by atoms with Crippen molar-refractivity contribution in [2.24, 2.45) is 5.73 Å². The Labute approximate surface area is 208 Å². The summed E-state index contributed by atoms with van der Waals surface area (Å²) in [5.74, 6) is 0.